The second-order valence-corrected chi connectivity index (χ2v) is 8.39. The Morgan fingerprint density at radius 3 is 2.42 bits per heavy atom. The van der Waals surface area contributed by atoms with E-state index in [0.717, 1.165) is 44.1 Å². The van der Waals surface area contributed by atoms with Crippen LogP contribution in [-0.2, 0) is 4.79 Å². The van der Waals surface area contributed by atoms with Gasteiger partial charge in [0.1, 0.15) is 5.65 Å². The SMILES string of the molecule is CN(C)c1ccc(NC(=O)CSc2nc3ccccc3c3nc4ccccc4n23)cc1. The van der Waals surface area contributed by atoms with E-state index in [9.17, 15) is 4.79 Å². The molecule has 0 saturated carbocycles. The highest BCUT2D eigenvalue weighted by Crippen LogP contribution is 2.29. The Bertz CT molecular complexity index is 1410. The van der Waals surface area contributed by atoms with Gasteiger partial charge in [0.05, 0.1) is 22.3 Å². The lowest BCUT2D eigenvalue weighted by Gasteiger charge is -2.13. The van der Waals surface area contributed by atoms with Crippen LogP contribution in [0.1, 0.15) is 0 Å². The molecule has 0 aliphatic rings. The van der Waals surface area contributed by atoms with Gasteiger partial charge in [0.2, 0.25) is 5.91 Å². The third-order valence-electron chi connectivity index (χ3n) is 5.11. The molecule has 2 heterocycles. The van der Waals surface area contributed by atoms with E-state index in [1.54, 1.807) is 0 Å². The summed E-state index contributed by atoms with van der Waals surface area (Å²) < 4.78 is 2.04. The molecule has 1 N–H and O–H groups in total. The highest BCUT2D eigenvalue weighted by Gasteiger charge is 2.15. The molecule has 0 saturated heterocycles. The lowest BCUT2D eigenvalue weighted by Crippen LogP contribution is -2.15. The van der Waals surface area contributed by atoms with Gasteiger partial charge in [-0.2, -0.15) is 0 Å². The number of amides is 1. The van der Waals surface area contributed by atoms with Crippen molar-refractivity contribution < 1.29 is 4.79 Å². The summed E-state index contributed by atoms with van der Waals surface area (Å²) in [5, 5.41) is 4.71. The fourth-order valence-corrected chi connectivity index (χ4v) is 4.39. The van der Waals surface area contributed by atoms with Crippen LogP contribution in [0.15, 0.2) is 78.0 Å². The molecule has 0 bridgehead atoms. The second kappa shape index (κ2) is 7.92. The first-order valence-corrected chi connectivity index (χ1v) is 10.9. The molecule has 1 amide bonds. The maximum atomic E-state index is 12.6. The fraction of sp³-hybridized carbons (Fsp3) is 0.125. The van der Waals surface area contributed by atoms with E-state index in [4.69, 9.17) is 9.97 Å². The van der Waals surface area contributed by atoms with Gasteiger partial charge in [-0.3, -0.25) is 9.20 Å². The van der Waals surface area contributed by atoms with Gasteiger partial charge in [0.25, 0.3) is 0 Å². The zero-order valence-corrected chi connectivity index (χ0v) is 18.1. The van der Waals surface area contributed by atoms with E-state index in [1.807, 2.05) is 96.2 Å². The molecule has 5 aromatic rings. The van der Waals surface area contributed by atoms with Crippen LogP contribution in [0.5, 0.6) is 0 Å². The first-order chi connectivity index (χ1) is 15.1. The maximum absolute atomic E-state index is 12.6. The molecular weight excluding hydrogens is 406 g/mol. The number of para-hydroxylation sites is 3. The number of nitrogens with one attached hydrogen (secondary N) is 1. The highest BCUT2D eigenvalue weighted by atomic mass is 32.2. The monoisotopic (exact) mass is 427 g/mol. The first-order valence-electron chi connectivity index (χ1n) is 9.96. The zero-order chi connectivity index (χ0) is 21.4. The summed E-state index contributed by atoms with van der Waals surface area (Å²) in [4.78, 5) is 24.3. The summed E-state index contributed by atoms with van der Waals surface area (Å²) >= 11 is 1.41. The molecule has 3 aromatic carbocycles. The van der Waals surface area contributed by atoms with Gasteiger partial charge >= 0.3 is 0 Å². The maximum Gasteiger partial charge on any atom is 0.234 e. The summed E-state index contributed by atoms with van der Waals surface area (Å²) in [5.74, 6) is 0.178. The van der Waals surface area contributed by atoms with Crippen molar-refractivity contribution in [2.45, 2.75) is 5.16 Å². The average molecular weight is 428 g/mol. The molecule has 0 fully saturated rings. The quantitative estimate of drug-likeness (QED) is 0.321. The molecule has 0 atom stereocenters. The van der Waals surface area contributed by atoms with Crippen LogP contribution in [0.3, 0.4) is 0 Å². The zero-order valence-electron chi connectivity index (χ0n) is 17.2. The van der Waals surface area contributed by atoms with Gasteiger partial charge in [0, 0.05) is 30.9 Å². The molecule has 0 aliphatic heterocycles. The third-order valence-corrected chi connectivity index (χ3v) is 6.05. The first kappa shape index (κ1) is 19.4. The van der Waals surface area contributed by atoms with Crippen LogP contribution in [-0.4, -0.2) is 40.1 Å². The summed E-state index contributed by atoms with van der Waals surface area (Å²) in [6.07, 6.45) is 0. The number of fused-ring (bicyclic) bond motifs is 5. The minimum Gasteiger partial charge on any atom is -0.378 e. The Balaban J connectivity index is 1.45. The van der Waals surface area contributed by atoms with Crippen molar-refractivity contribution in [1.82, 2.24) is 14.4 Å². The minimum atomic E-state index is -0.0740. The lowest BCUT2D eigenvalue weighted by molar-refractivity contribution is -0.113. The molecule has 154 valence electrons. The van der Waals surface area contributed by atoms with Crippen molar-refractivity contribution in [2.75, 3.05) is 30.1 Å². The average Bonchev–Trinajstić information content (AvgIpc) is 3.18. The van der Waals surface area contributed by atoms with Gasteiger partial charge in [-0.05, 0) is 48.5 Å². The van der Waals surface area contributed by atoms with Crippen LogP contribution in [0.4, 0.5) is 11.4 Å². The van der Waals surface area contributed by atoms with Crippen LogP contribution >= 0.6 is 11.8 Å². The van der Waals surface area contributed by atoms with E-state index in [-0.39, 0.29) is 11.7 Å². The molecule has 0 aliphatic carbocycles. The summed E-state index contributed by atoms with van der Waals surface area (Å²) in [7, 11) is 3.97. The Hall–Kier alpha value is -3.58. The largest absolute Gasteiger partial charge is 0.378 e. The number of nitrogens with zero attached hydrogens (tertiary/aromatic N) is 4. The number of benzene rings is 3. The van der Waals surface area contributed by atoms with E-state index >= 15 is 0 Å². The number of aromatic nitrogens is 3. The Morgan fingerprint density at radius 1 is 0.935 bits per heavy atom. The number of anilines is 2. The topological polar surface area (TPSA) is 62.5 Å². The van der Waals surface area contributed by atoms with Crippen molar-refractivity contribution >= 4 is 56.6 Å². The number of hydrogen-bond acceptors (Lipinski definition) is 5. The predicted molar refractivity (Wildman–Crippen MR) is 128 cm³/mol. The van der Waals surface area contributed by atoms with Crippen LogP contribution < -0.4 is 10.2 Å². The molecule has 6 nitrogen and oxygen atoms in total. The molecular formula is C24H21N5OS. The van der Waals surface area contributed by atoms with E-state index in [0.29, 0.717) is 0 Å². The minimum absolute atomic E-state index is 0.0740. The Morgan fingerprint density at radius 2 is 1.65 bits per heavy atom. The number of rotatable bonds is 5. The van der Waals surface area contributed by atoms with Crippen LogP contribution in [0.2, 0.25) is 0 Å². The van der Waals surface area contributed by atoms with E-state index in [1.165, 1.54) is 11.8 Å². The smallest absolute Gasteiger partial charge is 0.234 e. The van der Waals surface area contributed by atoms with Gasteiger partial charge in [-0.1, -0.05) is 36.0 Å². The summed E-state index contributed by atoms with van der Waals surface area (Å²) in [6, 6.07) is 23.7. The van der Waals surface area contributed by atoms with Gasteiger partial charge < -0.3 is 10.2 Å². The molecule has 7 heteroatoms. The predicted octanol–water partition coefficient (Wildman–Crippen LogP) is 4.83. The molecule has 0 spiro atoms. The normalized spacial score (nSPS) is 11.3. The summed E-state index contributed by atoms with van der Waals surface area (Å²) in [5.41, 5.74) is 5.48. The lowest BCUT2D eigenvalue weighted by atomic mass is 10.2. The third kappa shape index (κ3) is 3.68. The van der Waals surface area contributed by atoms with Crippen molar-refractivity contribution in [1.29, 1.82) is 0 Å². The fourth-order valence-electron chi connectivity index (χ4n) is 3.58. The molecule has 5 rings (SSSR count). The van der Waals surface area contributed by atoms with Crippen molar-refractivity contribution in [3.8, 4) is 0 Å². The van der Waals surface area contributed by atoms with E-state index < -0.39 is 0 Å². The van der Waals surface area contributed by atoms with Gasteiger partial charge in [0.15, 0.2) is 5.16 Å². The van der Waals surface area contributed by atoms with Gasteiger partial charge in [-0.25, -0.2) is 9.97 Å². The molecule has 2 aromatic heterocycles. The van der Waals surface area contributed by atoms with Crippen molar-refractivity contribution in [3.05, 3.63) is 72.8 Å². The Kier molecular flexibility index (Phi) is 4.95. The van der Waals surface area contributed by atoms with E-state index in [2.05, 4.69) is 5.32 Å². The van der Waals surface area contributed by atoms with Crippen molar-refractivity contribution in [3.63, 3.8) is 0 Å². The number of thioether (sulfide) groups is 1. The number of imidazole rings is 1. The molecule has 0 radical (unpaired) electrons. The summed E-state index contributed by atoms with van der Waals surface area (Å²) in [6.45, 7) is 0. The standard InChI is InChI=1S/C24H21N5OS/c1-28(2)17-13-11-16(12-14-17)25-22(30)15-31-24-27-19-8-4-3-7-18(19)23-26-20-9-5-6-10-21(20)29(23)24/h3-14H,15H2,1-2H3,(H,25,30). The van der Waals surface area contributed by atoms with Crippen LogP contribution in [0, 0.1) is 0 Å². The highest BCUT2D eigenvalue weighted by molar-refractivity contribution is 7.99. The number of carbonyl (C=O) groups is 1. The molecule has 31 heavy (non-hydrogen) atoms. The van der Waals surface area contributed by atoms with Gasteiger partial charge in [-0.15, -0.1) is 0 Å². The number of hydrogen-bond donors (Lipinski definition) is 1. The second-order valence-electron chi connectivity index (χ2n) is 7.45. The van der Waals surface area contributed by atoms with Crippen molar-refractivity contribution in [2.24, 2.45) is 0 Å². The number of carbonyl (C=O) groups excluding carboxylic acids is 1. The van der Waals surface area contributed by atoms with Crippen LogP contribution in [0.25, 0.3) is 27.6 Å². The molecule has 0 unspecified atom stereocenters. The Labute approximate surface area is 183 Å².